The number of benzene rings is 2. The van der Waals surface area contributed by atoms with Crippen molar-refractivity contribution in [3.8, 4) is 11.5 Å². The SMILES string of the molecule is Cc1cc(C)c(C)c(Oc2cc(NC(=O)C(C)n3nc(C(F)(F)F)c(Cl)c3C)cc([N+](=O)[O-])c2)c1. The minimum atomic E-state index is -4.79. The van der Waals surface area contributed by atoms with E-state index in [2.05, 4.69) is 10.4 Å². The number of rotatable bonds is 6. The van der Waals surface area contributed by atoms with E-state index in [1.807, 2.05) is 26.8 Å². The van der Waals surface area contributed by atoms with Gasteiger partial charge in [0.05, 0.1) is 27.4 Å². The Labute approximate surface area is 203 Å². The number of nitrogens with zero attached hydrogens (tertiary/aromatic N) is 3. The van der Waals surface area contributed by atoms with Crippen molar-refractivity contribution in [3.63, 3.8) is 0 Å². The van der Waals surface area contributed by atoms with E-state index in [-0.39, 0.29) is 22.8 Å². The number of carbonyl (C=O) groups excluding carboxylic acids is 1. The predicted molar refractivity (Wildman–Crippen MR) is 124 cm³/mol. The van der Waals surface area contributed by atoms with Gasteiger partial charge < -0.3 is 10.1 Å². The highest BCUT2D eigenvalue weighted by Gasteiger charge is 2.39. The van der Waals surface area contributed by atoms with Crippen LogP contribution in [-0.4, -0.2) is 20.6 Å². The quantitative estimate of drug-likeness (QED) is 0.294. The van der Waals surface area contributed by atoms with Crippen molar-refractivity contribution in [2.24, 2.45) is 0 Å². The summed E-state index contributed by atoms with van der Waals surface area (Å²) in [6.07, 6.45) is -4.79. The Balaban J connectivity index is 1.92. The number of nitro groups is 1. The lowest BCUT2D eigenvalue weighted by molar-refractivity contribution is -0.384. The van der Waals surface area contributed by atoms with E-state index in [0.29, 0.717) is 5.75 Å². The largest absolute Gasteiger partial charge is 0.457 e. The number of nitrogens with one attached hydrogen (secondary N) is 1. The fourth-order valence-corrected chi connectivity index (χ4v) is 3.70. The molecule has 0 saturated carbocycles. The molecule has 0 radical (unpaired) electrons. The number of hydrogen-bond donors (Lipinski definition) is 1. The molecule has 186 valence electrons. The average Bonchev–Trinajstić information content (AvgIpc) is 3.05. The second-order valence-corrected chi connectivity index (χ2v) is 8.51. The molecule has 0 bridgehead atoms. The molecule has 0 aliphatic rings. The highest BCUT2D eigenvalue weighted by Crippen LogP contribution is 2.37. The summed E-state index contributed by atoms with van der Waals surface area (Å²) >= 11 is 5.77. The third-order valence-electron chi connectivity index (χ3n) is 5.45. The summed E-state index contributed by atoms with van der Waals surface area (Å²) < 4.78 is 46.2. The van der Waals surface area contributed by atoms with Crippen molar-refractivity contribution in [1.82, 2.24) is 9.78 Å². The molecule has 0 fully saturated rings. The number of nitro benzene ring substituents is 1. The maximum Gasteiger partial charge on any atom is 0.436 e. The zero-order valence-electron chi connectivity index (χ0n) is 19.5. The summed E-state index contributed by atoms with van der Waals surface area (Å²) in [6, 6.07) is 6.27. The Morgan fingerprint density at radius 1 is 1.17 bits per heavy atom. The molecule has 3 aromatic rings. The molecule has 0 saturated heterocycles. The van der Waals surface area contributed by atoms with E-state index in [0.717, 1.165) is 27.4 Å². The van der Waals surface area contributed by atoms with Gasteiger partial charge in [0.15, 0.2) is 5.69 Å². The van der Waals surface area contributed by atoms with Gasteiger partial charge in [-0.25, -0.2) is 0 Å². The first kappa shape index (κ1) is 26.0. The van der Waals surface area contributed by atoms with Crippen molar-refractivity contribution < 1.29 is 27.6 Å². The second kappa shape index (κ2) is 9.57. The third-order valence-corrected chi connectivity index (χ3v) is 5.91. The zero-order valence-corrected chi connectivity index (χ0v) is 20.2. The van der Waals surface area contributed by atoms with Gasteiger partial charge in [-0.15, -0.1) is 0 Å². The Hall–Kier alpha value is -3.60. The van der Waals surface area contributed by atoms with Crippen LogP contribution in [0.3, 0.4) is 0 Å². The number of ether oxygens (including phenoxy) is 1. The van der Waals surface area contributed by atoms with Crippen LogP contribution >= 0.6 is 11.6 Å². The van der Waals surface area contributed by atoms with Crippen molar-refractivity contribution in [2.45, 2.75) is 46.8 Å². The fourth-order valence-electron chi connectivity index (χ4n) is 3.47. The molecule has 12 heteroatoms. The number of carbonyl (C=O) groups is 1. The number of aryl methyl sites for hydroxylation is 2. The molecule has 0 aliphatic carbocycles. The van der Waals surface area contributed by atoms with E-state index >= 15 is 0 Å². The molecule has 35 heavy (non-hydrogen) atoms. The fraction of sp³-hybridized carbons (Fsp3) is 0.304. The molecule has 1 heterocycles. The number of non-ortho nitro benzene ring substituents is 1. The van der Waals surface area contributed by atoms with Gasteiger partial charge in [-0.1, -0.05) is 17.7 Å². The van der Waals surface area contributed by atoms with Gasteiger partial charge in [0, 0.05) is 12.1 Å². The number of amides is 1. The zero-order chi connectivity index (χ0) is 26.2. The lowest BCUT2D eigenvalue weighted by atomic mass is 10.1. The van der Waals surface area contributed by atoms with Crippen LogP contribution in [-0.2, 0) is 11.0 Å². The Kier molecular flexibility index (Phi) is 7.11. The molecule has 2 aromatic carbocycles. The minimum absolute atomic E-state index is 0.0278. The van der Waals surface area contributed by atoms with E-state index in [1.54, 1.807) is 6.07 Å². The van der Waals surface area contributed by atoms with Gasteiger partial charge in [-0.2, -0.15) is 18.3 Å². The highest BCUT2D eigenvalue weighted by atomic mass is 35.5. The van der Waals surface area contributed by atoms with Crippen LogP contribution in [0.4, 0.5) is 24.5 Å². The lowest BCUT2D eigenvalue weighted by Crippen LogP contribution is -2.25. The summed E-state index contributed by atoms with van der Waals surface area (Å²) in [6.45, 7) is 8.27. The first-order valence-electron chi connectivity index (χ1n) is 10.4. The summed E-state index contributed by atoms with van der Waals surface area (Å²) in [4.78, 5) is 23.6. The average molecular weight is 511 g/mol. The van der Waals surface area contributed by atoms with Crippen molar-refractivity contribution in [3.05, 3.63) is 73.5 Å². The van der Waals surface area contributed by atoms with Gasteiger partial charge in [0.25, 0.3) is 5.69 Å². The first-order chi connectivity index (χ1) is 16.2. The lowest BCUT2D eigenvalue weighted by Gasteiger charge is -2.16. The van der Waals surface area contributed by atoms with Crippen molar-refractivity contribution >= 4 is 28.9 Å². The van der Waals surface area contributed by atoms with Crippen LogP contribution in [0, 0.1) is 37.8 Å². The van der Waals surface area contributed by atoms with Crippen molar-refractivity contribution in [1.29, 1.82) is 0 Å². The number of aromatic nitrogens is 2. The van der Waals surface area contributed by atoms with Gasteiger partial charge in [0.1, 0.15) is 17.5 Å². The van der Waals surface area contributed by atoms with Crippen LogP contribution in [0.1, 0.15) is 41.0 Å². The molecule has 0 spiro atoms. The molecule has 0 aliphatic heterocycles. The molecule has 1 N–H and O–H groups in total. The van der Waals surface area contributed by atoms with Crippen LogP contribution in [0.2, 0.25) is 5.02 Å². The number of halogens is 4. The number of anilines is 1. The van der Waals surface area contributed by atoms with Crippen LogP contribution < -0.4 is 10.1 Å². The number of alkyl halides is 3. The summed E-state index contributed by atoms with van der Waals surface area (Å²) in [5, 5.41) is 16.8. The highest BCUT2D eigenvalue weighted by molar-refractivity contribution is 6.32. The predicted octanol–water partition coefficient (Wildman–Crippen LogP) is 6.69. The van der Waals surface area contributed by atoms with Gasteiger partial charge in [0.2, 0.25) is 5.91 Å². The maximum atomic E-state index is 13.1. The minimum Gasteiger partial charge on any atom is -0.457 e. The van der Waals surface area contributed by atoms with Crippen LogP contribution in [0.5, 0.6) is 11.5 Å². The van der Waals surface area contributed by atoms with E-state index < -0.39 is 33.8 Å². The molecule has 1 aromatic heterocycles. The Morgan fingerprint density at radius 3 is 2.40 bits per heavy atom. The molecular weight excluding hydrogens is 489 g/mol. The molecule has 1 atom stereocenters. The second-order valence-electron chi connectivity index (χ2n) is 8.14. The van der Waals surface area contributed by atoms with Crippen LogP contribution in [0.25, 0.3) is 0 Å². The molecular formula is C23H22ClF3N4O4. The Bertz CT molecular complexity index is 1320. The van der Waals surface area contributed by atoms with Gasteiger partial charge in [-0.05, 0) is 57.4 Å². The van der Waals surface area contributed by atoms with E-state index in [9.17, 15) is 28.1 Å². The normalized spacial score (nSPS) is 12.4. The monoisotopic (exact) mass is 510 g/mol. The molecule has 8 nitrogen and oxygen atoms in total. The molecule has 1 amide bonds. The molecule has 1 unspecified atom stereocenters. The van der Waals surface area contributed by atoms with E-state index in [1.165, 1.54) is 26.0 Å². The van der Waals surface area contributed by atoms with Crippen molar-refractivity contribution in [2.75, 3.05) is 5.32 Å². The standard InChI is InChI=1S/C23H22ClF3N4O4/c1-11-6-12(2)13(3)19(7-11)35-18-9-16(8-17(10-18)31(33)34)28-22(32)15(5)30-14(4)20(24)21(29-30)23(25,26)27/h6-10,15H,1-5H3,(H,28,32). The summed E-state index contributed by atoms with van der Waals surface area (Å²) in [5.41, 5.74) is 1.08. The molecule has 3 rings (SSSR count). The number of hydrogen-bond acceptors (Lipinski definition) is 5. The Morgan fingerprint density at radius 2 is 1.83 bits per heavy atom. The first-order valence-corrected chi connectivity index (χ1v) is 10.7. The van der Waals surface area contributed by atoms with Gasteiger partial charge in [-0.3, -0.25) is 19.6 Å². The van der Waals surface area contributed by atoms with E-state index in [4.69, 9.17) is 16.3 Å². The third kappa shape index (κ3) is 5.56. The smallest absolute Gasteiger partial charge is 0.436 e. The summed E-state index contributed by atoms with van der Waals surface area (Å²) in [7, 11) is 0. The van der Waals surface area contributed by atoms with Crippen LogP contribution in [0.15, 0.2) is 30.3 Å². The van der Waals surface area contributed by atoms with Gasteiger partial charge >= 0.3 is 6.18 Å². The summed E-state index contributed by atoms with van der Waals surface area (Å²) in [5.74, 6) is -0.155. The maximum absolute atomic E-state index is 13.1. The topological polar surface area (TPSA) is 99.3 Å².